The van der Waals surface area contributed by atoms with Crippen LogP contribution in [0.5, 0.6) is 0 Å². The van der Waals surface area contributed by atoms with E-state index in [9.17, 15) is 14.1 Å². The lowest BCUT2D eigenvalue weighted by Gasteiger charge is -2.70. The highest BCUT2D eigenvalue weighted by Crippen LogP contribution is 2.72. The van der Waals surface area contributed by atoms with E-state index >= 15 is 0 Å². The van der Waals surface area contributed by atoms with Crippen LogP contribution in [0.25, 0.3) is 0 Å². The summed E-state index contributed by atoms with van der Waals surface area (Å²) < 4.78 is 17.2. The van der Waals surface area contributed by atoms with Crippen LogP contribution >= 0.6 is 0 Å². The average Bonchev–Trinajstić information content (AvgIpc) is 2.63. The molecule has 0 saturated heterocycles. The second-order valence-corrected chi connectivity index (χ2v) is 12.0. The number of ether oxygens (including phenoxy) is 1. The molecule has 1 unspecified atom stereocenters. The molecule has 0 aromatic carbocycles. The van der Waals surface area contributed by atoms with Crippen LogP contribution in [0.4, 0.5) is 0 Å². The molecule has 0 amide bonds. The quantitative estimate of drug-likeness (QED) is 0.741. The van der Waals surface area contributed by atoms with Gasteiger partial charge >= 0.3 is 5.97 Å². The first-order chi connectivity index (χ1) is 12.7. The highest BCUT2D eigenvalue weighted by molar-refractivity contribution is 7.84. The average molecular weight is 397 g/mol. The minimum Gasteiger partial charge on any atom is -0.469 e. The predicted octanol–water partition coefficient (Wildman–Crippen LogP) is 3.54. The summed E-state index contributed by atoms with van der Waals surface area (Å²) in [6.07, 6.45) is 10.0. The fraction of sp³-hybridized carbons (Fsp3) is 0.955. The first kappa shape index (κ1) is 19.9. The molecule has 5 rings (SSSR count). The van der Waals surface area contributed by atoms with Gasteiger partial charge in [0.15, 0.2) is 0 Å². The lowest BCUT2D eigenvalue weighted by atomic mass is 9.35. The Balaban J connectivity index is 1.70. The fourth-order valence-corrected chi connectivity index (χ4v) is 9.45. The maximum absolute atomic E-state index is 12.7. The number of hydrogen-bond acceptors (Lipinski definition) is 4. The number of rotatable bonds is 3. The van der Waals surface area contributed by atoms with Gasteiger partial charge in [0, 0.05) is 22.8 Å². The molecule has 0 aromatic rings. The predicted molar refractivity (Wildman–Crippen MR) is 106 cm³/mol. The van der Waals surface area contributed by atoms with Gasteiger partial charge in [0.05, 0.1) is 18.6 Å². The molecule has 5 saturated carbocycles. The minimum absolute atomic E-state index is 0.0294. The van der Waals surface area contributed by atoms with Gasteiger partial charge in [-0.1, -0.05) is 13.3 Å². The molecule has 5 heteroatoms. The summed E-state index contributed by atoms with van der Waals surface area (Å²) in [5, 5.41) is 11.5. The summed E-state index contributed by atoms with van der Waals surface area (Å²) in [6, 6.07) is 0. The van der Waals surface area contributed by atoms with Crippen LogP contribution in [0.1, 0.15) is 65.2 Å². The molecule has 5 aliphatic carbocycles. The van der Waals surface area contributed by atoms with Crippen molar-refractivity contribution in [1.29, 1.82) is 0 Å². The van der Waals surface area contributed by atoms with Crippen molar-refractivity contribution in [2.75, 3.05) is 19.1 Å². The van der Waals surface area contributed by atoms with E-state index in [2.05, 4.69) is 13.8 Å². The number of esters is 1. The van der Waals surface area contributed by atoms with Crippen LogP contribution in [0.3, 0.4) is 0 Å². The van der Waals surface area contributed by atoms with Crippen molar-refractivity contribution in [3.05, 3.63) is 0 Å². The molecule has 0 radical (unpaired) electrons. The van der Waals surface area contributed by atoms with Gasteiger partial charge in [-0.05, 0) is 86.4 Å². The fourth-order valence-electron chi connectivity index (χ4n) is 8.45. The lowest BCUT2D eigenvalue weighted by molar-refractivity contribution is -0.242. The van der Waals surface area contributed by atoms with Crippen molar-refractivity contribution in [3.8, 4) is 0 Å². The lowest BCUT2D eigenvalue weighted by Crippen LogP contribution is -2.67. The molecule has 0 aliphatic heterocycles. The molecule has 5 fully saturated rings. The number of fused-ring (bicyclic) bond motifs is 3. The molecule has 5 aliphatic rings. The Morgan fingerprint density at radius 2 is 1.85 bits per heavy atom. The third-order valence-corrected chi connectivity index (χ3v) is 10.4. The minimum atomic E-state index is -0.861. The van der Waals surface area contributed by atoms with Gasteiger partial charge in [-0.3, -0.25) is 9.00 Å². The molecule has 27 heavy (non-hydrogen) atoms. The van der Waals surface area contributed by atoms with Crippen molar-refractivity contribution < 1.29 is 18.8 Å². The standard InChI is InChI=1S/C22H36O4S/c1-20-8-5-9-21(2,19(24)26-3)16(20)7-11-22-10-6-14(12-17(20)22)15(18(22)23)13-27(4)25/h14-18,23H,5-13H2,1-4H3/t14-,15+,16+,17+,18-,20-,21-,22+,27?/m1/s1. The van der Waals surface area contributed by atoms with E-state index in [0.717, 1.165) is 44.9 Å². The van der Waals surface area contributed by atoms with E-state index in [0.29, 0.717) is 23.5 Å². The maximum Gasteiger partial charge on any atom is 0.311 e. The largest absolute Gasteiger partial charge is 0.469 e. The summed E-state index contributed by atoms with van der Waals surface area (Å²) in [7, 11) is 0.659. The Kier molecular flexibility index (Phi) is 4.82. The molecule has 1 spiro atoms. The zero-order valence-electron chi connectivity index (χ0n) is 17.3. The van der Waals surface area contributed by atoms with Gasteiger partial charge in [0.1, 0.15) is 0 Å². The summed E-state index contributed by atoms with van der Waals surface area (Å²) in [4.78, 5) is 12.7. The van der Waals surface area contributed by atoms with Crippen LogP contribution in [-0.4, -0.2) is 40.5 Å². The van der Waals surface area contributed by atoms with E-state index < -0.39 is 16.2 Å². The van der Waals surface area contributed by atoms with Crippen LogP contribution in [0.2, 0.25) is 0 Å². The van der Waals surface area contributed by atoms with Crippen LogP contribution in [-0.2, 0) is 20.3 Å². The van der Waals surface area contributed by atoms with Gasteiger partial charge in [-0.25, -0.2) is 0 Å². The van der Waals surface area contributed by atoms with Gasteiger partial charge in [0.25, 0.3) is 0 Å². The molecule has 1 N–H and O–H groups in total. The van der Waals surface area contributed by atoms with Crippen molar-refractivity contribution >= 4 is 16.8 Å². The molecule has 2 bridgehead atoms. The second kappa shape index (κ2) is 6.55. The Morgan fingerprint density at radius 3 is 2.52 bits per heavy atom. The third kappa shape index (κ3) is 2.63. The number of carbonyl (C=O) groups is 1. The number of carbonyl (C=O) groups excluding carboxylic acids is 1. The van der Waals surface area contributed by atoms with Crippen molar-refractivity contribution in [3.63, 3.8) is 0 Å². The third-order valence-electron chi connectivity index (χ3n) is 9.56. The molecular weight excluding hydrogens is 360 g/mol. The SMILES string of the molecule is COC(=O)[C@]1(C)CCC[C@@]2(C)[C@@H]3C[C@H]4CC[C@@]3(CC[C@@H]21)[C@H](O)[C@H]4CS(C)=O. The zero-order valence-corrected chi connectivity index (χ0v) is 18.1. The summed E-state index contributed by atoms with van der Waals surface area (Å²) in [5.74, 6) is 2.08. The molecular formula is C22H36O4S. The smallest absolute Gasteiger partial charge is 0.311 e. The van der Waals surface area contributed by atoms with E-state index in [1.54, 1.807) is 6.26 Å². The monoisotopic (exact) mass is 396 g/mol. The highest BCUT2D eigenvalue weighted by Gasteiger charge is 2.68. The molecule has 0 aromatic heterocycles. The molecule has 4 nitrogen and oxygen atoms in total. The van der Waals surface area contributed by atoms with Gasteiger partial charge in [-0.15, -0.1) is 0 Å². The van der Waals surface area contributed by atoms with Crippen LogP contribution in [0, 0.1) is 39.9 Å². The first-order valence-corrected chi connectivity index (χ1v) is 12.5. The number of methoxy groups -OCH3 is 1. The topological polar surface area (TPSA) is 63.6 Å². The maximum atomic E-state index is 12.7. The Hall–Kier alpha value is -0.420. The van der Waals surface area contributed by atoms with Crippen molar-refractivity contribution in [1.82, 2.24) is 0 Å². The second-order valence-electron chi connectivity index (χ2n) is 10.5. The van der Waals surface area contributed by atoms with E-state index in [-0.39, 0.29) is 28.8 Å². The van der Waals surface area contributed by atoms with Gasteiger partial charge in [-0.2, -0.15) is 0 Å². The molecule has 154 valence electrons. The Morgan fingerprint density at radius 1 is 1.15 bits per heavy atom. The highest BCUT2D eigenvalue weighted by atomic mass is 32.2. The van der Waals surface area contributed by atoms with Crippen LogP contribution in [0.15, 0.2) is 0 Å². The first-order valence-electron chi connectivity index (χ1n) is 10.8. The number of aliphatic hydroxyl groups is 1. The Labute approximate surface area is 166 Å². The number of aliphatic hydroxyl groups excluding tert-OH is 1. The number of hydrogen-bond donors (Lipinski definition) is 1. The zero-order chi connectivity index (χ0) is 19.6. The van der Waals surface area contributed by atoms with E-state index in [1.807, 2.05) is 0 Å². The summed E-state index contributed by atoms with van der Waals surface area (Å²) in [6.45, 7) is 4.53. The Bertz CT molecular complexity index is 650. The van der Waals surface area contributed by atoms with E-state index in [1.165, 1.54) is 13.5 Å². The van der Waals surface area contributed by atoms with Crippen molar-refractivity contribution in [2.45, 2.75) is 71.3 Å². The van der Waals surface area contributed by atoms with E-state index in [4.69, 9.17) is 4.74 Å². The summed E-state index contributed by atoms with van der Waals surface area (Å²) >= 11 is 0. The van der Waals surface area contributed by atoms with Gasteiger partial charge in [0.2, 0.25) is 0 Å². The normalized spacial score (nSPS) is 52.6. The van der Waals surface area contributed by atoms with Crippen molar-refractivity contribution in [2.24, 2.45) is 39.9 Å². The molecule has 9 atom stereocenters. The molecule has 0 heterocycles. The van der Waals surface area contributed by atoms with Crippen LogP contribution < -0.4 is 0 Å². The summed E-state index contributed by atoms with van der Waals surface area (Å²) in [5.41, 5.74) is -0.330. The van der Waals surface area contributed by atoms with Gasteiger partial charge < -0.3 is 9.84 Å².